The van der Waals surface area contributed by atoms with Crippen LogP contribution in [0.15, 0.2) is 29.2 Å². The average molecular weight is 253 g/mol. The Morgan fingerprint density at radius 2 is 1.93 bits per heavy atom. The van der Waals surface area contributed by atoms with Crippen LogP contribution in [0, 0.1) is 0 Å². The Kier molecular flexibility index (Phi) is 2.42. The molecule has 0 unspecified atom stereocenters. The molecule has 0 spiro atoms. The number of benzene rings is 1. The Bertz CT molecular complexity index is 437. The molecule has 2 aromatic rings. The third-order valence-electron chi connectivity index (χ3n) is 1.85. The topological polar surface area (TPSA) is 9.23 Å². The van der Waals surface area contributed by atoms with Crippen LogP contribution in [0.5, 0.6) is 5.75 Å². The maximum atomic E-state index is 5.81. The van der Waals surface area contributed by atoms with Crippen LogP contribution in [0.3, 0.4) is 0 Å². The van der Waals surface area contributed by atoms with E-state index in [2.05, 4.69) is 50.0 Å². The molecule has 14 heavy (non-hydrogen) atoms. The zero-order valence-corrected chi connectivity index (χ0v) is 10.4. The molecule has 0 atom stereocenters. The molecule has 0 aliphatic carbocycles. The van der Waals surface area contributed by atoms with Gasteiger partial charge in [0.2, 0.25) is 0 Å². The first-order valence-electron chi connectivity index (χ1n) is 4.71. The van der Waals surface area contributed by atoms with Crippen molar-refractivity contribution in [3.8, 4) is 5.75 Å². The summed E-state index contributed by atoms with van der Waals surface area (Å²) in [5.74, 6) is 0.988. The zero-order valence-electron chi connectivity index (χ0n) is 8.70. The predicted octanol–water partition coefficient (Wildman–Crippen LogP) is 3.07. The van der Waals surface area contributed by atoms with Crippen LogP contribution < -0.4 is 4.74 Å². The molecule has 1 nitrogen and oxygen atoms in total. The Morgan fingerprint density at radius 1 is 1.14 bits per heavy atom. The fourth-order valence-corrected chi connectivity index (χ4v) is 3.07. The van der Waals surface area contributed by atoms with Gasteiger partial charge < -0.3 is 0 Å². The van der Waals surface area contributed by atoms with Crippen LogP contribution in [0.2, 0.25) is 0 Å². The normalized spacial score (nSPS) is 11.9. The van der Waals surface area contributed by atoms with E-state index in [1.54, 1.807) is 0 Å². The first kappa shape index (κ1) is 9.82. The van der Waals surface area contributed by atoms with Crippen LogP contribution in [-0.4, -0.2) is 20.1 Å². The Hall–Kier alpha value is -0.721. The molecular weight excluding hydrogens is 239 g/mol. The summed E-state index contributed by atoms with van der Waals surface area (Å²) < 4.78 is 7.24. The summed E-state index contributed by atoms with van der Waals surface area (Å²) in [4.78, 5) is 2.25. The molecule has 0 aliphatic heterocycles. The Labute approximate surface area is 90.4 Å². The van der Waals surface area contributed by atoms with Gasteiger partial charge in [-0.3, -0.25) is 0 Å². The second-order valence-corrected chi connectivity index (χ2v) is 6.32. The Balaban J connectivity index is 2.35. The van der Waals surface area contributed by atoms with Crippen molar-refractivity contribution in [2.45, 2.75) is 26.4 Å². The summed E-state index contributed by atoms with van der Waals surface area (Å²) in [5, 5.41) is 1.35. The van der Waals surface area contributed by atoms with E-state index in [4.69, 9.17) is 4.74 Å². The number of rotatable bonds is 1. The third kappa shape index (κ3) is 2.20. The fraction of sp³-hybridized carbons (Fsp3) is 0.333. The van der Waals surface area contributed by atoms with Gasteiger partial charge in [0.25, 0.3) is 0 Å². The molecule has 0 aliphatic rings. The van der Waals surface area contributed by atoms with Gasteiger partial charge in [-0.05, 0) is 0 Å². The fourth-order valence-electron chi connectivity index (χ4n) is 1.35. The number of hydrogen-bond donors (Lipinski definition) is 0. The molecule has 0 radical (unpaired) electrons. The first-order chi connectivity index (χ1) is 6.54. The summed E-state index contributed by atoms with van der Waals surface area (Å²) >= 11 is 0.507. The standard InChI is InChI=1S/C12H14OSe/c1-12(2,3)13-10-5-4-9-6-7-14-11(9)8-10/h4-8H,1-3H3. The number of hydrogen-bond acceptors (Lipinski definition) is 1. The maximum absolute atomic E-state index is 5.81. The van der Waals surface area contributed by atoms with Crippen molar-refractivity contribution >= 4 is 24.1 Å². The molecular formula is C12H14OSe. The molecule has 1 heterocycles. The van der Waals surface area contributed by atoms with Gasteiger partial charge in [0.05, 0.1) is 0 Å². The number of fused-ring (bicyclic) bond motifs is 1. The average Bonchev–Trinajstić information content (AvgIpc) is 2.47. The molecule has 0 saturated heterocycles. The van der Waals surface area contributed by atoms with Crippen molar-refractivity contribution in [1.29, 1.82) is 0 Å². The van der Waals surface area contributed by atoms with Crippen molar-refractivity contribution in [3.63, 3.8) is 0 Å². The van der Waals surface area contributed by atoms with Gasteiger partial charge in [0.1, 0.15) is 0 Å². The van der Waals surface area contributed by atoms with Gasteiger partial charge in [-0.2, -0.15) is 0 Å². The van der Waals surface area contributed by atoms with Gasteiger partial charge in [0.15, 0.2) is 0 Å². The predicted molar refractivity (Wildman–Crippen MR) is 61.3 cm³/mol. The van der Waals surface area contributed by atoms with E-state index >= 15 is 0 Å². The second kappa shape index (κ2) is 3.45. The summed E-state index contributed by atoms with van der Waals surface area (Å²) in [6.07, 6.45) is 0. The van der Waals surface area contributed by atoms with E-state index < -0.39 is 0 Å². The molecule has 0 bridgehead atoms. The summed E-state index contributed by atoms with van der Waals surface area (Å²) in [5.41, 5.74) is -0.104. The molecule has 2 rings (SSSR count). The van der Waals surface area contributed by atoms with Gasteiger partial charge in [-0.25, -0.2) is 0 Å². The minimum absolute atomic E-state index is 0.104. The van der Waals surface area contributed by atoms with Gasteiger partial charge in [-0.15, -0.1) is 0 Å². The van der Waals surface area contributed by atoms with Crippen molar-refractivity contribution in [1.82, 2.24) is 0 Å². The van der Waals surface area contributed by atoms with Crippen molar-refractivity contribution in [2.75, 3.05) is 0 Å². The van der Waals surface area contributed by atoms with Crippen molar-refractivity contribution < 1.29 is 4.74 Å². The van der Waals surface area contributed by atoms with Crippen molar-refractivity contribution in [2.24, 2.45) is 0 Å². The quantitative estimate of drug-likeness (QED) is 0.710. The molecule has 2 heteroatoms. The Morgan fingerprint density at radius 3 is 2.64 bits per heavy atom. The molecule has 0 N–H and O–H groups in total. The number of ether oxygens (including phenoxy) is 1. The van der Waals surface area contributed by atoms with Crippen LogP contribution in [0.4, 0.5) is 0 Å². The minimum atomic E-state index is -0.104. The molecule has 0 amide bonds. The van der Waals surface area contributed by atoms with Crippen LogP contribution in [-0.2, 0) is 0 Å². The zero-order chi connectivity index (χ0) is 10.2. The van der Waals surface area contributed by atoms with Gasteiger partial charge in [-0.1, -0.05) is 0 Å². The second-order valence-electron chi connectivity index (χ2n) is 4.33. The van der Waals surface area contributed by atoms with E-state index in [9.17, 15) is 0 Å². The summed E-state index contributed by atoms with van der Waals surface area (Å²) in [6, 6.07) is 8.55. The van der Waals surface area contributed by atoms with Gasteiger partial charge >= 0.3 is 90.2 Å². The molecule has 1 aromatic heterocycles. The molecule has 1 aromatic carbocycles. The SMILES string of the molecule is CC(C)(C)Oc1ccc2cc[se]c2c1. The molecule has 74 valence electrons. The van der Waals surface area contributed by atoms with E-state index in [0.29, 0.717) is 14.5 Å². The van der Waals surface area contributed by atoms with E-state index in [-0.39, 0.29) is 5.60 Å². The van der Waals surface area contributed by atoms with Gasteiger partial charge in [0, 0.05) is 0 Å². The van der Waals surface area contributed by atoms with E-state index in [0.717, 1.165) is 5.75 Å². The summed E-state index contributed by atoms with van der Waals surface area (Å²) in [7, 11) is 0. The van der Waals surface area contributed by atoms with E-state index in [1.807, 2.05) is 0 Å². The molecule has 0 saturated carbocycles. The summed E-state index contributed by atoms with van der Waals surface area (Å²) in [6.45, 7) is 6.22. The van der Waals surface area contributed by atoms with E-state index in [1.165, 1.54) is 9.65 Å². The van der Waals surface area contributed by atoms with Crippen molar-refractivity contribution in [3.05, 3.63) is 29.2 Å². The third-order valence-corrected chi connectivity index (χ3v) is 3.70. The van der Waals surface area contributed by atoms with Crippen LogP contribution in [0.25, 0.3) is 9.65 Å². The van der Waals surface area contributed by atoms with Crippen LogP contribution >= 0.6 is 0 Å². The van der Waals surface area contributed by atoms with Crippen LogP contribution in [0.1, 0.15) is 20.8 Å². The monoisotopic (exact) mass is 254 g/mol. The molecule has 0 fully saturated rings. The first-order valence-corrected chi connectivity index (χ1v) is 6.55.